The summed E-state index contributed by atoms with van der Waals surface area (Å²) in [5.74, 6) is 0.603. The van der Waals surface area contributed by atoms with Gasteiger partial charge >= 0.3 is 0 Å². The zero-order chi connectivity index (χ0) is 22.8. The van der Waals surface area contributed by atoms with Crippen molar-refractivity contribution in [1.82, 2.24) is 14.5 Å². The lowest BCUT2D eigenvalue weighted by Crippen LogP contribution is -2.45. The number of aromatic nitrogens is 2. The normalized spacial score (nSPS) is 20.1. The summed E-state index contributed by atoms with van der Waals surface area (Å²) >= 11 is 0. The summed E-state index contributed by atoms with van der Waals surface area (Å²) in [5, 5.41) is 0. The number of carbonyl (C=O) groups is 1. The molecular weight excluding hydrogens is 405 g/mol. The highest BCUT2D eigenvalue weighted by Gasteiger charge is 2.33. The number of rotatable bonds is 5. The molecule has 5 nitrogen and oxygen atoms in total. The van der Waals surface area contributed by atoms with E-state index in [4.69, 9.17) is 4.74 Å². The quantitative estimate of drug-likeness (QED) is 0.522. The summed E-state index contributed by atoms with van der Waals surface area (Å²) in [7, 11) is 1.64. The van der Waals surface area contributed by atoms with Crippen molar-refractivity contribution in [3.63, 3.8) is 0 Å². The first-order valence-corrected chi connectivity index (χ1v) is 10.8. The molecule has 32 heavy (non-hydrogen) atoms. The van der Waals surface area contributed by atoms with Gasteiger partial charge in [0.2, 0.25) is 0 Å². The Kier molecular flexibility index (Phi) is 6.12. The van der Waals surface area contributed by atoms with Crippen LogP contribution in [0.25, 0.3) is 11.8 Å². The summed E-state index contributed by atoms with van der Waals surface area (Å²) in [6, 6.07) is 12.4. The van der Waals surface area contributed by atoms with E-state index in [0.29, 0.717) is 12.3 Å². The Morgan fingerprint density at radius 2 is 1.94 bits per heavy atom. The van der Waals surface area contributed by atoms with Crippen LogP contribution in [0.4, 0.5) is 4.39 Å². The lowest BCUT2D eigenvalue weighted by Gasteiger charge is -2.38. The SMILES string of the molecule is COc1cc(/C=C2/C(=O)N(Cc3ccc(F)cc3)[C@H](C)CC2C)ccc1-n1cnc(C)c1. The lowest BCUT2D eigenvalue weighted by molar-refractivity contribution is -0.132. The predicted octanol–water partition coefficient (Wildman–Crippen LogP) is 5.17. The van der Waals surface area contributed by atoms with E-state index in [9.17, 15) is 9.18 Å². The van der Waals surface area contributed by atoms with Crippen LogP contribution < -0.4 is 4.74 Å². The smallest absolute Gasteiger partial charge is 0.250 e. The Hall–Kier alpha value is -3.41. The van der Waals surface area contributed by atoms with Crippen LogP contribution in [0, 0.1) is 18.7 Å². The summed E-state index contributed by atoms with van der Waals surface area (Å²) in [6.07, 6.45) is 6.54. The fraction of sp³-hybridized carbons (Fsp3) is 0.308. The van der Waals surface area contributed by atoms with Crippen molar-refractivity contribution in [1.29, 1.82) is 0 Å². The van der Waals surface area contributed by atoms with Crippen molar-refractivity contribution >= 4 is 12.0 Å². The molecule has 6 heteroatoms. The van der Waals surface area contributed by atoms with Gasteiger partial charge in [0.05, 0.1) is 24.8 Å². The highest BCUT2D eigenvalue weighted by atomic mass is 19.1. The number of carbonyl (C=O) groups excluding carboxylic acids is 1. The average Bonchev–Trinajstić information content (AvgIpc) is 3.21. The maximum atomic E-state index is 13.4. The van der Waals surface area contributed by atoms with Gasteiger partial charge in [-0.3, -0.25) is 4.79 Å². The zero-order valence-electron chi connectivity index (χ0n) is 18.9. The largest absolute Gasteiger partial charge is 0.495 e. The number of piperidine rings is 1. The van der Waals surface area contributed by atoms with E-state index in [-0.39, 0.29) is 23.7 Å². The van der Waals surface area contributed by atoms with Crippen molar-refractivity contribution in [2.24, 2.45) is 5.92 Å². The molecule has 0 aliphatic carbocycles. The number of hydrogen-bond acceptors (Lipinski definition) is 3. The molecule has 1 aromatic heterocycles. The Morgan fingerprint density at radius 3 is 2.59 bits per heavy atom. The second-order valence-electron chi connectivity index (χ2n) is 8.50. The Labute approximate surface area is 188 Å². The number of halogens is 1. The number of amides is 1. The molecule has 2 aromatic carbocycles. The molecule has 0 spiro atoms. The number of ether oxygens (including phenoxy) is 1. The maximum absolute atomic E-state index is 13.4. The number of benzene rings is 2. The number of nitrogens with zero attached hydrogens (tertiary/aromatic N) is 3. The summed E-state index contributed by atoms with van der Waals surface area (Å²) in [5.41, 5.74) is 4.43. The minimum absolute atomic E-state index is 0.0221. The van der Waals surface area contributed by atoms with Gasteiger partial charge in [0.25, 0.3) is 5.91 Å². The molecule has 2 heterocycles. The molecule has 2 atom stereocenters. The second-order valence-corrected chi connectivity index (χ2v) is 8.50. The van der Waals surface area contributed by atoms with Gasteiger partial charge in [0.1, 0.15) is 11.6 Å². The topological polar surface area (TPSA) is 47.4 Å². The minimum atomic E-state index is -0.274. The third-order valence-corrected chi connectivity index (χ3v) is 6.05. The molecule has 1 aliphatic heterocycles. The van der Waals surface area contributed by atoms with E-state index in [1.807, 2.05) is 46.9 Å². The van der Waals surface area contributed by atoms with Crippen LogP contribution in [-0.4, -0.2) is 33.5 Å². The number of imidazole rings is 1. The van der Waals surface area contributed by atoms with Crippen molar-refractivity contribution in [3.05, 3.63) is 83.2 Å². The van der Waals surface area contributed by atoms with Crippen LogP contribution in [0.1, 0.15) is 37.1 Å². The fourth-order valence-corrected chi connectivity index (χ4v) is 4.29. The van der Waals surface area contributed by atoms with Gasteiger partial charge in [0.15, 0.2) is 0 Å². The number of methoxy groups -OCH3 is 1. The fourth-order valence-electron chi connectivity index (χ4n) is 4.29. The van der Waals surface area contributed by atoms with Gasteiger partial charge in [-0.15, -0.1) is 0 Å². The van der Waals surface area contributed by atoms with Crippen LogP contribution in [0.5, 0.6) is 5.75 Å². The van der Waals surface area contributed by atoms with Gasteiger partial charge in [0, 0.05) is 24.4 Å². The molecule has 1 unspecified atom stereocenters. The molecular formula is C26H28FN3O2. The molecule has 1 saturated heterocycles. The van der Waals surface area contributed by atoms with Gasteiger partial charge in [-0.25, -0.2) is 9.37 Å². The van der Waals surface area contributed by atoms with Crippen molar-refractivity contribution in [2.45, 2.75) is 39.8 Å². The molecule has 1 amide bonds. The van der Waals surface area contributed by atoms with Gasteiger partial charge < -0.3 is 14.2 Å². The van der Waals surface area contributed by atoms with Crippen LogP contribution in [0.3, 0.4) is 0 Å². The van der Waals surface area contributed by atoms with Crippen LogP contribution >= 0.6 is 0 Å². The summed E-state index contributed by atoms with van der Waals surface area (Å²) < 4.78 is 20.8. The monoisotopic (exact) mass is 433 g/mol. The molecule has 3 aromatic rings. The van der Waals surface area contributed by atoms with Crippen molar-refractivity contribution in [3.8, 4) is 11.4 Å². The lowest BCUT2D eigenvalue weighted by atomic mass is 9.86. The van der Waals surface area contributed by atoms with Crippen LogP contribution in [0.15, 0.2) is 60.6 Å². The van der Waals surface area contributed by atoms with E-state index in [0.717, 1.165) is 34.5 Å². The Balaban J connectivity index is 1.63. The van der Waals surface area contributed by atoms with E-state index in [2.05, 4.69) is 18.8 Å². The second kappa shape index (κ2) is 8.99. The van der Waals surface area contributed by atoms with Crippen LogP contribution in [0.2, 0.25) is 0 Å². The first kappa shape index (κ1) is 21.8. The Morgan fingerprint density at radius 1 is 1.19 bits per heavy atom. The van der Waals surface area contributed by atoms with Crippen LogP contribution in [-0.2, 0) is 11.3 Å². The summed E-state index contributed by atoms with van der Waals surface area (Å²) in [4.78, 5) is 19.6. The van der Waals surface area contributed by atoms with Crippen molar-refractivity contribution < 1.29 is 13.9 Å². The molecule has 1 aliphatic rings. The predicted molar refractivity (Wildman–Crippen MR) is 123 cm³/mol. The van der Waals surface area contributed by atoms with Gasteiger partial charge in [-0.05, 0) is 67.7 Å². The summed E-state index contributed by atoms with van der Waals surface area (Å²) in [6.45, 7) is 6.57. The van der Waals surface area contributed by atoms with Gasteiger partial charge in [-0.2, -0.15) is 0 Å². The first-order valence-electron chi connectivity index (χ1n) is 10.8. The molecule has 0 saturated carbocycles. The first-order chi connectivity index (χ1) is 15.4. The van der Waals surface area contributed by atoms with E-state index in [1.165, 1.54) is 12.1 Å². The third-order valence-electron chi connectivity index (χ3n) is 6.05. The highest BCUT2D eigenvalue weighted by molar-refractivity contribution is 5.99. The molecule has 4 rings (SSSR count). The zero-order valence-corrected chi connectivity index (χ0v) is 18.9. The molecule has 1 fully saturated rings. The van der Waals surface area contributed by atoms with E-state index in [1.54, 1.807) is 25.6 Å². The molecule has 166 valence electrons. The third kappa shape index (κ3) is 4.44. The molecule has 0 radical (unpaired) electrons. The average molecular weight is 434 g/mol. The highest BCUT2D eigenvalue weighted by Crippen LogP contribution is 2.32. The maximum Gasteiger partial charge on any atom is 0.250 e. The standard InChI is InChI=1S/C26H28FN3O2/c1-17-11-19(3)30(15-20-5-8-22(27)9-6-20)26(31)23(17)12-21-7-10-24(25(13-21)32-4)29-14-18(2)28-16-29/h5-10,12-14,16-17,19H,11,15H2,1-4H3/b23-12+/t17?,19-/m1/s1. The Bertz CT molecular complexity index is 1150. The number of likely N-dealkylation sites (tertiary alicyclic amines) is 1. The minimum Gasteiger partial charge on any atom is -0.495 e. The van der Waals surface area contributed by atoms with Crippen molar-refractivity contribution in [2.75, 3.05) is 7.11 Å². The van der Waals surface area contributed by atoms with E-state index < -0.39 is 0 Å². The molecule has 0 N–H and O–H groups in total. The van der Waals surface area contributed by atoms with E-state index >= 15 is 0 Å². The number of aryl methyl sites for hydroxylation is 1. The number of hydrogen-bond donors (Lipinski definition) is 0. The van der Waals surface area contributed by atoms with Gasteiger partial charge in [-0.1, -0.05) is 25.1 Å². The molecule has 0 bridgehead atoms.